The SMILES string of the molecule is COC(=O)CC(CN=[N+]=[N-])[Se]c1ccccc1. The number of hydrogen-bond acceptors (Lipinski definition) is 3. The Morgan fingerprint density at radius 1 is 1.53 bits per heavy atom. The van der Waals surface area contributed by atoms with Crippen LogP contribution in [0.1, 0.15) is 6.42 Å². The molecule has 0 saturated heterocycles. The molecule has 0 aliphatic heterocycles. The first-order valence-electron chi connectivity index (χ1n) is 5.05. The number of hydrogen-bond donors (Lipinski definition) is 0. The molecule has 0 radical (unpaired) electrons. The molecule has 0 aliphatic rings. The molecule has 1 atom stereocenters. The Morgan fingerprint density at radius 3 is 2.82 bits per heavy atom. The molecule has 90 valence electrons. The Morgan fingerprint density at radius 2 is 2.24 bits per heavy atom. The summed E-state index contributed by atoms with van der Waals surface area (Å²) in [4.78, 5) is 14.0. The quantitative estimate of drug-likeness (QED) is 0.263. The monoisotopic (exact) mass is 299 g/mol. The van der Waals surface area contributed by atoms with Gasteiger partial charge in [-0.05, 0) is 0 Å². The minimum atomic E-state index is -0.263. The summed E-state index contributed by atoms with van der Waals surface area (Å²) in [5, 5.41) is 3.54. The molecular formula is C11H13N3O2Se. The molecule has 0 fully saturated rings. The minimum absolute atomic E-state index is 0.0493. The van der Waals surface area contributed by atoms with E-state index >= 15 is 0 Å². The number of esters is 1. The van der Waals surface area contributed by atoms with Crippen molar-refractivity contribution in [3.8, 4) is 0 Å². The molecule has 1 unspecified atom stereocenters. The summed E-state index contributed by atoms with van der Waals surface area (Å²) < 4.78 is 5.82. The third-order valence-corrected chi connectivity index (χ3v) is 4.52. The summed E-state index contributed by atoms with van der Waals surface area (Å²) in [6.07, 6.45) is 0.296. The molecule has 1 aromatic rings. The average Bonchev–Trinajstić information content (AvgIpc) is 2.37. The molecule has 5 nitrogen and oxygen atoms in total. The molecule has 0 saturated carbocycles. The van der Waals surface area contributed by atoms with E-state index in [4.69, 9.17) is 5.53 Å². The number of nitrogens with zero attached hydrogens (tertiary/aromatic N) is 3. The van der Waals surface area contributed by atoms with Crippen molar-refractivity contribution >= 4 is 25.4 Å². The van der Waals surface area contributed by atoms with E-state index in [1.54, 1.807) is 0 Å². The maximum absolute atomic E-state index is 11.2. The van der Waals surface area contributed by atoms with Gasteiger partial charge >= 0.3 is 106 Å². The molecule has 0 amide bonds. The summed E-state index contributed by atoms with van der Waals surface area (Å²) in [5.41, 5.74) is 8.32. The predicted molar refractivity (Wildman–Crippen MR) is 66.2 cm³/mol. The number of rotatable bonds is 6. The number of azide groups is 1. The van der Waals surface area contributed by atoms with Crippen molar-refractivity contribution < 1.29 is 9.53 Å². The van der Waals surface area contributed by atoms with Crippen molar-refractivity contribution in [2.24, 2.45) is 5.11 Å². The van der Waals surface area contributed by atoms with Gasteiger partial charge in [0.05, 0.1) is 0 Å². The van der Waals surface area contributed by atoms with Crippen molar-refractivity contribution in [2.75, 3.05) is 13.7 Å². The van der Waals surface area contributed by atoms with Gasteiger partial charge in [-0.25, -0.2) is 0 Å². The molecule has 1 aromatic carbocycles. The van der Waals surface area contributed by atoms with Crippen LogP contribution in [0.25, 0.3) is 10.4 Å². The third-order valence-electron chi connectivity index (χ3n) is 2.02. The van der Waals surface area contributed by atoms with Crippen molar-refractivity contribution in [1.82, 2.24) is 0 Å². The van der Waals surface area contributed by atoms with Gasteiger partial charge in [-0.2, -0.15) is 0 Å². The fourth-order valence-corrected chi connectivity index (χ4v) is 3.46. The summed E-state index contributed by atoms with van der Waals surface area (Å²) in [7, 11) is 1.36. The van der Waals surface area contributed by atoms with Gasteiger partial charge in [-0.15, -0.1) is 0 Å². The number of methoxy groups -OCH3 is 1. The molecule has 0 heterocycles. The van der Waals surface area contributed by atoms with Crippen molar-refractivity contribution in [3.05, 3.63) is 40.8 Å². The summed E-state index contributed by atoms with van der Waals surface area (Å²) >= 11 is 0.101. The van der Waals surface area contributed by atoms with Crippen LogP contribution in [0.15, 0.2) is 35.4 Å². The molecule has 0 bridgehead atoms. The Balaban J connectivity index is 2.62. The number of ether oxygens (including phenoxy) is 1. The second kappa shape index (κ2) is 7.74. The first-order valence-corrected chi connectivity index (χ1v) is 6.90. The van der Waals surface area contributed by atoms with Crippen molar-refractivity contribution in [2.45, 2.75) is 11.2 Å². The van der Waals surface area contributed by atoms with Crippen LogP contribution in [0, 0.1) is 0 Å². The van der Waals surface area contributed by atoms with Crippen LogP contribution in [-0.2, 0) is 9.53 Å². The first-order chi connectivity index (χ1) is 8.26. The molecule has 17 heavy (non-hydrogen) atoms. The van der Waals surface area contributed by atoms with E-state index in [1.165, 1.54) is 11.6 Å². The number of carbonyl (C=O) groups is 1. The molecule has 0 aromatic heterocycles. The second-order valence-corrected chi connectivity index (χ2v) is 6.13. The van der Waals surface area contributed by atoms with E-state index in [2.05, 4.69) is 14.8 Å². The van der Waals surface area contributed by atoms with Crippen LogP contribution >= 0.6 is 0 Å². The molecule has 0 aliphatic carbocycles. The standard InChI is InChI=1S/C11H13N3O2Se/c1-16-11(15)7-10(8-13-14-12)17-9-5-3-2-4-6-9/h2-6,10H,7-8H2,1H3. The van der Waals surface area contributed by atoms with Gasteiger partial charge in [0.25, 0.3) is 0 Å². The van der Waals surface area contributed by atoms with Crippen LogP contribution in [-0.4, -0.2) is 34.6 Å². The molecule has 0 spiro atoms. The van der Waals surface area contributed by atoms with Gasteiger partial charge in [0.15, 0.2) is 0 Å². The van der Waals surface area contributed by atoms with E-state index < -0.39 is 0 Å². The Hall–Kier alpha value is -1.48. The van der Waals surface area contributed by atoms with Gasteiger partial charge in [0, 0.05) is 0 Å². The van der Waals surface area contributed by atoms with Crippen LogP contribution in [0.3, 0.4) is 0 Å². The van der Waals surface area contributed by atoms with Crippen LogP contribution in [0.5, 0.6) is 0 Å². The van der Waals surface area contributed by atoms with Gasteiger partial charge < -0.3 is 0 Å². The zero-order chi connectivity index (χ0) is 12.5. The van der Waals surface area contributed by atoms with E-state index in [1.807, 2.05) is 30.3 Å². The van der Waals surface area contributed by atoms with Crippen LogP contribution in [0.4, 0.5) is 0 Å². The zero-order valence-corrected chi connectivity index (χ0v) is 11.2. The molecule has 1 rings (SSSR count). The Bertz CT molecular complexity index is 404. The number of benzene rings is 1. The summed E-state index contributed by atoms with van der Waals surface area (Å²) in [6.45, 7) is 0.334. The van der Waals surface area contributed by atoms with E-state index in [-0.39, 0.29) is 25.7 Å². The van der Waals surface area contributed by atoms with E-state index in [0.717, 1.165) is 0 Å². The molecular weight excluding hydrogens is 285 g/mol. The van der Waals surface area contributed by atoms with Crippen LogP contribution in [0.2, 0.25) is 4.82 Å². The van der Waals surface area contributed by atoms with E-state index in [9.17, 15) is 4.79 Å². The predicted octanol–water partition coefficient (Wildman–Crippen LogP) is 1.68. The second-order valence-electron chi connectivity index (χ2n) is 3.25. The zero-order valence-electron chi connectivity index (χ0n) is 9.44. The molecule has 6 heteroatoms. The normalized spacial score (nSPS) is 11.4. The summed E-state index contributed by atoms with van der Waals surface area (Å²) in [5.74, 6) is -0.263. The fourth-order valence-electron chi connectivity index (χ4n) is 1.23. The van der Waals surface area contributed by atoms with Gasteiger partial charge in [-0.1, -0.05) is 0 Å². The Kier molecular flexibility index (Phi) is 6.18. The first kappa shape index (κ1) is 13.6. The molecule has 0 N–H and O–H groups in total. The Labute approximate surface area is 106 Å². The van der Waals surface area contributed by atoms with Gasteiger partial charge in [0.2, 0.25) is 0 Å². The number of carbonyl (C=O) groups excluding carboxylic acids is 1. The van der Waals surface area contributed by atoms with E-state index in [0.29, 0.717) is 13.0 Å². The van der Waals surface area contributed by atoms with Crippen LogP contribution < -0.4 is 4.46 Å². The third kappa shape index (κ3) is 5.40. The van der Waals surface area contributed by atoms with Crippen molar-refractivity contribution in [3.63, 3.8) is 0 Å². The summed E-state index contributed by atoms with van der Waals surface area (Å²) in [6, 6.07) is 9.89. The fraction of sp³-hybridized carbons (Fsp3) is 0.364. The average molecular weight is 298 g/mol. The topological polar surface area (TPSA) is 75.1 Å². The van der Waals surface area contributed by atoms with Crippen molar-refractivity contribution in [1.29, 1.82) is 0 Å². The van der Waals surface area contributed by atoms with Gasteiger partial charge in [0.1, 0.15) is 0 Å². The van der Waals surface area contributed by atoms with Gasteiger partial charge in [-0.3, -0.25) is 0 Å². The maximum atomic E-state index is 11.2.